The van der Waals surface area contributed by atoms with Gasteiger partial charge in [-0.15, -0.1) is 0 Å². The minimum absolute atomic E-state index is 0.381. The van der Waals surface area contributed by atoms with Crippen LogP contribution in [0.2, 0.25) is 0 Å². The highest BCUT2D eigenvalue weighted by Gasteiger charge is 2.18. The Morgan fingerprint density at radius 3 is 2.93 bits per heavy atom. The predicted molar refractivity (Wildman–Crippen MR) is 104 cm³/mol. The minimum Gasteiger partial charge on any atom is -0.392 e. The van der Waals surface area contributed by atoms with Gasteiger partial charge in [0.25, 0.3) is 0 Å². The summed E-state index contributed by atoms with van der Waals surface area (Å²) in [5.74, 6) is 1.34. The highest BCUT2D eigenvalue weighted by Crippen LogP contribution is 2.32. The number of rotatable bonds is 5. The molecule has 4 heterocycles. The maximum atomic E-state index is 9.46. The third-order valence-corrected chi connectivity index (χ3v) is 4.45. The van der Waals surface area contributed by atoms with Gasteiger partial charge in [0.1, 0.15) is 17.2 Å². The second kappa shape index (κ2) is 6.81. The smallest absolute Gasteiger partial charge is 0.223 e. The standard InChI is InChI=1S/C19H21N7O/c1-11(27)9-23-19-21-7-5-15(25-19)16-17(26(3)12(2)24-16)14-8-13-4-6-20-18(13)22-10-14/h4-8,10-11,27H,9H2,1-3H3,(H,20,22)(H,21,23,25)/t11-/m0/s1. The number of imidazole rings is 1. The average Bonchev–Trinajstić information content (AvgIpc) is 3.24. The van der Waals surface area contributed by atoms with Gasteiger partial charge in [-0.1, -0.05) is 0 Å². The molecule has 1 atom stereocenters. The van der Waals surface area contributed by atoms with Crippen LogP contribution in [-0.4, -0.2) is 47.2 Å². The number of nitrogens with one attached hydrogen (secondary N) is 2. The fourth-order valence-corrected chi connectivity index (χ4v) is 3.00. The van der Waals surface area contributed by atoms with Crippen LogP contribution in [0.25, 0.3) is 33.7 Å². The first kappa shape index (κ1) is 17.2. The van der Waals surface area contributed by atoms with Gasteiger partial charge in [0.05, 0.1) is 17.5 Å². The second-order valence-corrected chi connectivity index (χ2v) is 6.55. The van der Waals surface area contributed by atoms with Crippen LogP contribution >= 0.6 is 0 Å². The molecule has 0 amide bonds. The van der Waals surface area contributed by atoms with Gasteiger partial charge < -0.3 is 20.0 Å². The first-order chi connectivity index (χ1) is 13.0. The van der Waals surface area contributed by atoms with Crippen molar-refractivity contribution < 1.29 is 5.11 Å². The van der Waals surface area contributed by atoms with E-state index in [4.69, 9.17) is 4.98 Å². The Kier molecular flexibility index (Phi) is 4.33. The minimum atomic E-state index is -0.482. The molecule has 0 bridgehead atoms. The van der Waals surface area contributed by atoms with E-state index in [1.54, 1.807) is 13.1 Å². The van der Waals surface area contributed by atoms with Crippen LogP contribution in [0.5, 0.6) is 0 Å². The van der Waals surface area contributed by atoms with Crippen LogP contribution in [0.3, 0.4) is 0 Å². The van der Waals surface area contributed by atoms with E-state index in [0.717, 1.165) is 33.8 Å². The molecule has 0 aromatic carbocycles. The number of nitrogens with zero attached hydrogens (tertiary/aromatic N) is 5. The molecular formula is C19H21N7O. The largest absolute Gasteiger partial charge is 0.392 e. The van der Waals surface area contributed by atoms with E-state index in [1.807, 2.05) is 43.1 Å². The molecule has 0 saturated heterocycles. The Balaban J connectivity index is 1.80. The number of aromatic nitrogens is 6. The van der Waals surface area contributed by atoms with Crippen molar-refractivity contribution >= 4 is 17.0 Å². The zero-order valence-electron chi connectivity index (χ0n) is 15.4. The monoisotopic (exact) mass is 363 g/mol. The summed E-state index contributed by atoms with van der Waals surface area (Å²) in [5.41, 5.74) is 4.26. The quantitative estimate of drug-likeness (QED) is 0.503. The van der Waals surface area contributed by atoms with Crippen molar-refractivity contribution in [2.24, 2.45) is 7.05 Å². The molecule has 0 aliphatic rings. The molecule has 27 heavy (non-hydrogen) atoms. The molecule has 0 aliphatic heterocycles. The number of aliphatic hydroxyl groups is 1. The highest BCUT2D eigenvalue weighted by atomic mass is 16.3. The van der Waals surface area contributed by atoms with E-state index >= 15 is 0 Å². The van der Waals surface area contributed by atoms with E-state index < -0.39 is 6.10 Å². The zero-order chi connectivity index (χ0) is 19.0. The summed E-state index contributed by atoms with van der Waals surface area (Å²) in [6.45, 7) is 4.05. The van der Waals surface area contributed by atoms with Crippen LogP contribution in [0.4, 0.5) is 5.95 Å². The Bertz CT molecular complexity index is 1100. The summed E-state index contributed by atoms with van der Waals surface area (Å²) in [5, 5.41) is 13.5. The Morgan fingerprint density at radius 1 is 1.26 bits per heavy atom. The molecule has 0 fully saturated rings. The van der Waals surface area contributed by atoms with Gasteiger partial charge in [0.15, 0.2) is 0 Å². The lowest BCUT2D eigenvalue weighted by molar-refractivity contribution is 0.208. The van der Waals surface area contributed by atoms with E-state index in [9.17, 15) is 5.11 Å². The van der Waals surface area contributed by atoms with E-state index in [2.05, 4.69) is 31.3 Å². The van der Waals surface area contributed by atoms with Crippen molar-refractivity contribution in [3.63, 3.8) is 0 Å². The lowest BCUT2D eigenvalue weighted by Gasteiger charge is -2.09. The van der Waals surface area contributed by atoms with Crippen molar-refractivity contribution in [3.05, 3.63) is 42.6 Å². The summed E-state index contributed by atoms with van der Waals surface area (Å²) >= 11 is 0. The van der Waals surface area contributed by atoms with E-state index in [-0.39, 0.29) is 0 Å². The third-order valence-electron chi connectivity index (χ3n) is 4.45. The fraction of sp³-hybridized carbons (Fsp3) is 0.263. The van der Waals surface area contributed by atoms with E-state index in [1.165, 1.54) is 0 Å². The summed E-state index contributed by atoms with van der Waals surface area (Å²) in [4.78, 5) is 21.1. The molecular weight excluding hydrogens is 342 g/mol. The number of hydrogen-bond donors (Lipinski definition) is 3. The third kappa shape index (κ3) is 3.26. The molecule has 8 heteroatoms. The van der Waals surface area contributed by atoms with Crippen LogP contribution in [0.1, 0.15) is 12.7 Å². The number of aromatic amines is 1. The number of aliphatic hydroxyl groups excluding tert-OH is 1. The van der Waals surface area contributed by atoms with Gasteiger partial charge in [-0.25, -0.2) is 19.9 Å². The molecule has 0 spiro atoms. The van der Waals surface area contributed by atoms with Crippen molar-refractivity contribution in [2.45, 2.75) is 20.0 Å². The summed E-state index contributed by atoms with van der Waals surface area (Å²) in [6, 6.07) is 5.92. The van der Waals surface area contributed by atoms with Gasteiger partial charge in [-0.3, -0.25) is 0 Å². The second-order valence-electron chi connectivity index (χ2n) is 6.55. The number of pyridine rings is 1. The lowest BCUT2D eigenvalue weighted by atomic mass is 10.1. The van der Waals surface area contributed by atoms with Gasteiger partial charge >= 0.3 is 0 Å². The Labute approximate surface area is 156 Å². The number of hydrogen-bond acceptors (Lipinski definition) is 6. The van der Waals surface area contributed by atoms with Crippen molar-refractivity contribution in [1.29, 1.82) is 0 Å². The van der Waals surface area contributed by atoms with Crippen LogP contribution < -0.4 is 5.32 Å². The number of H-pyrrole nitrogens is 1. The van der Waals surface area contributed by atoms with Crippen LogP contribution in [0.15, 0.2) is 36.8 Å². The average molecular weight is 363 g/mol. The number of aryl methyl sites for hydroxylation is 1. The number of anilines is 1. The van der Waals surface area contributed by atoms with Gasteiger partial charge in [-0.2, -0.15) is 0 Å². The first-order valence-electron chi connectivity index (χ1n) is 8.75. The summed E-state index contributed by atoms with van der Waals surface area (Å²) in [7, 11) is 1.98. The highest BCUT2D eigenvalue weighted by molar-refractivity contribution is 5.84. The van der Waals surface area contributed by atoms with Crippen LogP contribution in [0, 0.1) is 6.92 Å². The SMILES string of the molecule is Cc1nc(-c2ccnc(NC[C@H](C)O)n2)c(-c2cnc3[nH]ccc3c2)n1C. The molecule has 4 aromatic heterocycles. The first-order valence-corrected chi connectivity index (χ1v) is 8.75. The molecule has 0 unspecified atom stereocenters. The zero-order valence-corrected chi connectivity index (χ0v) is 15.4. The van der Waals surface area contributed by atoms with Gasteiger partial charge in [0, 0.05) is 43.1 Å². The summed E-state index contributed by atoms with van der Waals surface area (Å²) < 4.78 is 2.04. The molecule has 8 nitrogen and oxygen atoms in total. The van der Waals surface area contributed by atoms with Crippen molar-refractivity contribution in [1.82, 2.24) is 29.5 Å². The predicted octanol–water partition coefficient (Wildman–Crippen LogP) is 2.52. The van der Waals surface area contributed by atoms with Crippen LogP contribution in [-0.2, 0) is 7.05 Å². The Morgan fingerprint density at radius 2 is 2.11 bits per heavy atom. The molecule has 4 aromatic rings. The maximum Gasteiger partial charge on any atom is 0.223 e. The summed E-state index contributed by atoms with van der Waals surface area (Å²) in [6.07, 6.45) is 4.92. The molecule has 3 N–H and O–H groups in total. The molecule has 0 radical (unpaired) electrons. The van der Waals surface area contributed by atoms with Crippen molar-refractivity contribution in [2.75, 3.05) is 11.9 Å². The Hall–Kier alpha value is -3.26. The molecule has 0 saturated carbocycles. The maximum absolute atomic E-state index is 9.46. The fourth-order valence-electron chi connectivity index (χ4n) is 3.00. The molecule has 0 aliphatic carbocycles. The van der Waals surface area contributed by atoms with Gasteiger partial charge in [0.2, 0.25) is 5.95 Å². The van der Waals surface area contributed by atoms with E-state index in [0.29, 0.717) is 18.2 Å². The molecule has 138 valence electrons. The normalized spacial score (nSPS) is 12.4. The van der Waals surface area contributed by atoms with Crippen molar-refractivity contribution in [3.8, 4) is 22.6 Å². The number of fused-ring (bicyclic) bond motifs is 1. The molecule has 4 rings (SSSR count). The topological polar surface area (TPSA) is 105 Å². The van der Waals surface area contributed by atoms with Gasteiger partial charge in [-0.05, 0) is 32.0 Å². The lowest BCUT2D eigenvalue weighted by Crippen LogP contribution is -2.16.